The van der Waals surface area contributed by atoms with Crippen molar-refractivity contribution in [3.8, 4) is 5.69 Å². The molecular formula is C27H31N5O2S. The average molecular weight is 490 g/mol. The zero-order valence-corrected chi connectivity index (χ0v) is 20.6. The van der Waals surface area contributed by atoms with Gasteiger partial charge in [0.1, 0.15) is 0 Å². The van der Waals surface area contributed by atoms with E-state index >= 15 is 0 Å². The van der Waals surface area contributed by atoms with Gasteiger partial charge in [0.25, 0.3) is 5.56 Å². The zero-order chi connectivity index (χ0) is 24.2. The van der Waals surface area contributed by atoms with Crippen molar-refractivity contribution in [2.24, 2.45) is 0 Å². The van der Waals surface area contributed by atoms with Gasteiger partial charge in [0, 0.05) is 37.7 Å². The number of hydrogen-bond donors (Lipinski definition) is 2. The van der Waals surface area contributed by atoms with Crippen LogP contribution in [0.1, 0.15) is 42.5 Å². The number of benzene rings is 2. The number of amides is 1. The molecule has 0 atom stereocenters. The molecule has 3 aromatic rings. The van der Waals surface area contributed by atoms with E-state index in [1.165, 1.54) is 12.0 Å². The molecule has 1 aromatic heterocycles. The number of rotatable bonds is 8. The van der Waals surface area contributed by atoms with Gasteiger partial charge in [0.05, 0.1) is 29.2 Å². The van der Waals surface area contributed by atoms with Crippen molar-refractivity contribution in [2.75, 3.05) is 18.8 Å². The van der Waals surface area contributed by atoms with Crippen LogP contribution >= 0.6 is 11.8 Å². The van der Waals surface area contributed by atoms with E-state index in [0.717, 1.165) is 25.1 Å². The lowest BCUT2D eigenvalue weighted by Gasteiger charge is -2.30. The molecule has 7 nitrogen and oxygen atoms in total. The molecule has 1 amide bonds. The summed E-state index contributed by atoms with van der Waals surface area (Å²) >= 11 is 1.67. The first-order valence-electron chi connectivity index (χ1n) is 12.3. The van der Waals surface area contributed by atoms with Gasteiger partial charge in [-0.2, -0.15) is 0 Å². The van der Waals surface area contributed by atoms with Crippen LogP contribution in [-0.2, 0) is 24.3 Å². The van der Waals surface area contributed by atoms with Crippen molar-refractivity contribution < 1.29 is 4.79 Å². The number of nitrogens with two attached hydrogens (primary N) is 1. The molecule has 2 heterocycles. The van der Waals surface area contributed by atoms with Crippen LogP contribution in [0.4, 0.5) is 5.69 Å². The molecule has 1 aliphatic carbocycles. The molecule has 2 aliphatic rings. The van der Waals surface area contributed by atoms with E-state index in [1.54, 1.807) is 27.3 Å². The van der Waals surface area contributed by atoms with E-state index in [2.05, 4.69) is 17.4 Å². The predicted octanol–water partition coefficient (Wildman–Crippen LogP) is 3.52. The lowest BCUT2D eigenvalue weighted by molar-refractivity contribution is -0.132. The maximum absolute atomic E-state index is 13.8. The SMILES string of the molecule is Nc1ccccc1-n1c(SC2CCC2)nc2c(c1=O)CN(C(=O)CCNCc1ccccc1)CC2. The van der Waals surface area contributed by atoms with Crippen LogP contribution in [0.3, 0.4) is 0 Å². The summed E-state index contributed by atoms with van der Waals surface area (Å²) in [5.41, 5.74) is 9.95. The number of nitrogen functional groups attached to an aromatic ring is 1. The molecule has 3 N–H and O–H groups in total. The maximum atomic E-state index is 13.8. The number of nitrogens with one attached hydrogen (secondary N) is 1. The minimum atomic E-state index is -0.116. The number of carbonyl (C=O) groups is 1. The Morgan fingerprint density at radius 3 is 2.63 bits per heavy atom. The number of nitrogens with zero attached hydrogens (tertiary/aromatic N) is 3. The highest BCUT2D eigenvalue weighted by molar-refractivity contribution is 7.99. The van der Waals surface area contributed by atoms with E-state index in [0.29, 0.717) is 59.8 Å². The lowest BCUT2D eigenvalue weighted by Crippen LogP contribution is -2.42. The van der Waals surface area contributed by atoms with Gasteiger partial charge in [-0.3, -0.25) is 14.2 Å². The van der Waals surface area contributed by atoms with Crippen LogP contribution in [-0.4, -0.2) is 38.7 Å². The van der Waals surface area contributed by atoms with Crippen LogP contribution in [0.2, 0.25) is 0 Å². The van der Waals surface area contributed by atoms with Crippen LogP contribution in [0.15, 0.2) is 64.5 Å². The fourth-order valence-corrected chi connectivity index (χ4v) is 5.79. The summed E-state index contributed by atoms with van der Waals surface area (Å²) in [7, 11) is 0. The molecule has 35 heavy (non-hydrogen) atoms. The van der Waals surface area contributed by atoms with Gasteiger partial charge in [0.2, 0.25) is 5.91 Å². The Kier molecular flexibility index (Phi) is 7.20. The van der Waals surface area contributed by atoms with Gasteiger partial charge in [-0.1, -0.05) is 60.6 Å². The molecule has 5 rings (SSSR count). The predicted molar refractivity (Wildman–Crippen MR) is 140 cm³/mol. The monoisotopic (exact) mass is 489 g/mol. The van der Waals surface area contributed by atoms with Crippen LogP contribution in [0.25, 0.3) is 5.69 Å². The number of carbonyl (C=O) groups excluding carboxylic acids is 1. The average Bonchev–Trinajstić information content (AvgIpc) is 2.85. The highest BCUT2D eigenvalue weighted by Crippen LogP contribution is 2.37. The molecule has 2 aromatic carbocycles. The van der Waals surface area contributed by atoms with E-state index in [-0.39, 0.29) is 11.5 Å². The molecule has 0 unspecified atom stereocenters. The van der Waals surface area contributed by atoms with Crippen molar-refractivity contribution in [3.63, 3.8) is 0 Å². The largest absolute Gasteiger partial charge is 0.397 e. The first-order valence-corrected chi connectivity index (χ1v) is 13.2. The van der Waals surface area contributed by atoms with E-state index in [1.807, 2.05) is 36.4 Å². The first-order chi connectivity index (χ1) is 17.1. The molecule has 182 valence electrons. The van der Waals surface area contributed by atoms with Gasteiger partial charge in [-0.15, -0.1) is 0 Å². The minimum absolute atomic E-state index is 0.0503. The normalized spacial score (nSPS) is 15.5. The second-order valence-corrected chi connectivity index (χ2v) is 10.4. The standard InChI is InChI=1S/C27H31N5O2S/c28-22-11-4-5-12-24(22)32-26(34)21-18-31(16-14-23(21)30-27(32)35-20-9-6-10-20)25(33)13-15-29-17-19-7-2-1-3-8-19/h1-5,7-8,11-12,20,29H,6,9-10,13-18,28H2. The lowest BCUT2D eigenvalue weighted by atomic mass is 10.0. The molecular weight excluding hydrogens is 458 g/mol. The molecule has 0 bridgehead atoms. The Morgan fingerprint density at radius 2 is 1.89 bits per heavy atom. The molecule has 0 saturated heterocycles. The fourth-order valence-electron chi connectivity index (χ4n) is 4.47. The summed E-state index contributed by atoms with van der Waals surface area (Å²) in [5.74, 6) is 0.0503. The Bertz CT molecular complexity index is 1260. The third-order valence-electron chi connectivity index (χ3n) is 6.74. The number of para-hydroxylation sites is 2. The van der Waals surface area contributed by atoms with Crippen LogP contribution in [0.5, 0.6) is 0 Å². The number of aromatic nitrogens is 2. The van der Waals surface area contributed by atoms with Crippen molar-refractivity contribution in [2.45, 2.75) is 55.6 Å². The molecule has 0 spiro atoms. The Hall–Kier alpha value is -3.10. The second-order valence-electron chi connectivity index (χ2n) is 9.17. The quantitative estimate of drug-likeness (QED) is 0.286. The minimum Gasteiger partial charge on any atom is -0.397 e. The topological polar surface area (TPSA) is 93.2 Å². The van der Waals surface area contributed by atoms with Crippen molar-refractivity contribution in [3.05, 3.63) is 81.8 Å². The van der Waals surface area contributed by atoms with Crippen LogP contribution in [0, 0.1) is 0 Å². The van der Waals surface area contributed by atoms with Crippen molar-refractivity contribution in [1.29, 1.82) is 0 Å². The second kappa shape index (κ2) is 10.7. The molecule has 8 heteroatoms. The van der Waals surface area contributed by atoms with Gasteiger partial charge in [-0.05, 0) is 30.5 Å². The Morgan fingerprint density at radius 1 is 1.11 bits per heavy atom. The number of hydrogen-bond acceptors (Lipinski definition) is 6. The summed E-state index contributed by atoms with van der Waals surface area (Å²) < 4.78 is 1.66. The number of thioether (sulfide) groups is 1. The highest BCUT2D eigenvalue weighted by atomic mass is 32.2. The zero-order valence-electron chi connectivity index (χ0n) is 19.8. The van der Waals surface area contributed by atoms with Crippen LogP contribution < -0.4 is 16.6 Å². The summed E-state index contributed by atoms with van der Waals surface area (Å²) in [6.45, 7) is 2.20. The third-order valence-corrected chi connectivity index (χ3v) is 8.03. The van der Waals surface area contributed by atoms with Gasteiger partial charge in [-0.25, -0.2) is 4.98 Å². The van der Waals surface area contributed by atoms with Gasteiger partial charge < -0.3 is 16.0 Å². The first kappa shape index (κ1) is 23.6. The van der Waals surface area contributed by atoms with Crippen molar-refractivity contribution >= 4 is 23.4 Å². The Balaban J connectivity index is 1.33. The summed E-state index contributed by atoms with van der Waals surface area (Å²) in [6.07, 6.45) is 4.49. The van der Waals surface area contributed by atoms with E-state index in [4.69, 9.17) is 10.7 Å². The third kappa shape index (κ3) is 5.28. The smallest absolute Gasteiger partial charge is 0.264 e. The van der Waals surface area contributed by atoms with E-state index < -0.39 is 0 Å². The molecule has 1 saturated carbocycles. The number of anilines is 1. The van der Waals surface area contributed by atoms with Crippen molar-refractivity contribution in [1.82, 2.24) is 19.8 Å². The summed E-state index contributed by atoms with van der Waals surface area (Å²) in [5, 5.41) is 4.53. The Labute approximate surface area is 209 Å². The summed E-state index contributed by atoms with van der Waals surface area (Å²) in [6, 6.07) is 17.5. The highest BCUT2D eigenvalue weighted by Gasteiger charge is 2.29. The fraction of sp³-hybridized carbons (Fsp3) is 0.370. The molecule has 0 radical (unpaired) electrons. The molecule has 1 fully saturated rings. The summed E-state index contributed by atoms with van der Waals surface area (Å²) in [4.78, 5) is 33.4. The van der Waals surface area contributed by atoms with Gasteiger partial charge in [0.15, 0.2) is 5.16 Å². The van der Waals surface area contributed by atoms with Gasteiger partial charge >= 0.3 is 0 Å². The van der Waals surface area contributed by atoms with E-state index in [9.17, 15) is 9.59 Å². The molecule has 1 aliphatic heterocycles. The maximum Gasteiger partial charge on any atom is 0.264 e. The number of fused-ring (bicyclic) bond motifs is 1.